The highest BCUT2D eigenvalue weighted by molar-refractivity contribution is 5.88. The number of pyridine rings is 1. The molecule has 0 saturated heterocycles. The Morgan fingerprint density at radius 2 is 1.90 bits per heavy atom. The molecule has 0 aliphatic heterocycles. The third-order valence-electron chi connectivity index (χ3n) is 5.34. The zero-order chi connectivity index (χ0) is 21.1. The number of aromatic nitrogens is 3. The van der Waals surface area contributed by atoms with Crippen LogP contribution in [-0.4, -0.2) is 14.8 Å². The summed E-state index contributed by atoms with van der Waals surface area (Å²) < 4.78 is 1.82. The van der Waals surface area contributed by atoms with Crippen molar-refractivity contribution >= 4 is 22.7 Å². The van der Waals surface area contributed by atoms with Crippen molar-refractivity contribution in [1.29, 1.82) is 0 Å². The number of hydrogen-bond acceptors (Lipinski definition) is 3. The van der Waals surface area contributed by atoms with Gasteiger partial charge in [-0.2, -0.15) is 5.10 Å². The smallest absolute Gasteiger partial charge is 0.126 e. The zero-order valence-corrected chi connectivity index (χ0v) is 17.6. The summed E-state index contributed by atoms with van der Waals surface area (Å²) in [7, 11) is 1.93. The molecule has 4 heteroatoms. The molecule has 2 aromatic heterocycles. The summed E-state index contributed by atoms with van der Waals surface area (Å²) in [6, 6.07) is 15.2. The van der Waals surface area contributed by atoms with Gasteiger partial charge in [0, 0.05) is 36.4 Å². The summed E-state index contributed by atoms with van der Waals surface area (Å²) in [5.74, 6) is 0.863. The molecular formula is C26H26N4. The molecule has 4 nitrogen and oxygen atoms in total. The van der Waals surface area contributed by atoms with Gasteiger partial charge in [-0.05, 0) is 59.7 Å². The normalized spacial score (nSPS) is 12.4. The number of aryl methyl sites for hydroxylation is 2. The number of anilines is 1. The number of nitrogens with zero attached hydrogens (tertiary/aromatic N) is 3. The predicted molar refractivity (Wildman–Crippen MR) is 126 cm³/mol. The first-order valence-corrected chi connectivity index (χ1v) is 10.1. The molecule has 4 rings (SSSR count). The number of nitrogens with one attached hydrogen (secondary N) is 1. The standard InChI is InChI=1S/C26H26N4/c1-5-6-7-20-12-21(9-8-18(20)2)19(3)29-26-14-24-13-22(10-11-23(24)15-27-26)25-16-28-30(4)17-25/h5-17,19H,1H2,2-4H3,(H,27,29)/b7-6-. The van der Waals surface area contributed by atoms with E-state index in [-0.39, 0.29) is 6.04 Å². The lowest BCUT2D eigenvalue weighted by Gasteiger charge is -2.17. The first-order chi connectivity index (χ1) is 14.5. The fourth-order valence-corrected chi connectivity index (χ4v) is 3.55. The van der Waals surface area contributed by atoms with Gasteiger partial charge in [-0.25, -0.2) is 4.98 Å². The highest BCUT2D eigenvalue weighted by atomic mass is 15.2. The van der Waals surface area contributed by atoms with Crippen molar-refractivity contribution in [2.24, 2.45) is 7.05 Å². The molecule has 1 atom stereocenters. The second-order valence-corrected chi connectivity index (χ2v) is 7.61. The van der Waals surface area contributed by atoms with Crippen LogP contribution in [-0.2, 0) is 7.05 Å². The summed E-state index contributed by atoms with van der Waals surface area (Å²) >= 11 is 0. The molecule has 0 bridgehead atoms. The van der Waals surface area contributed by atoms with Crippen LogP contribution in [0.25, 0.3) is 28.0 Å². The maximum atomic E-state index is 4.61. The molecule has 30 heavy (non-hydrogen) atoms. The number of allylic oxidation sites excluding steroid dienone is 2. The SMILES string of the molecule is C=C/C=C\c1cc(C(C)Nc2cc3cc(-c4cnn(C)c4)ccc3cn2)ccc1C. The van der Waals surface area contributed by atoms with Crippen molar-refractivity contribution in [1.82, 2.24) is 14.8 Å². The number of hydrogen-bond donors (Lipinski definition) is 1. The molecule has 0 radical (unpaired) electrons. The largest absolute Gasteiger partial charge is 0.364 e. The molecule has 150 valence electrons. The topological polar surface area (TPSA) is 42.7 Å². The fraction of sp³-hybridized carbons (Fsp3) is 0.154. The van der Waals surface area contributed by atoms with Crippen LogP contribution < -0.4 is 5.32 Å². The number of benzene rings is 2. The molecule has 0 amide bonds. The van der Waals surface area contributed by atoms with Gasteiger partial charge in [0.25, 0.3) is 0 Å². The number of rotatable bonds is 6. The van der Waals surface area contributed by atoms with Crippen LogP contribution in [0.5, 0.6) is 0 Å². The van der Waals surface area contributed by atoms with Crippen molar-refractivity contribution in [3.05, 3.63) is 96.5 Å². The second-order valence-electron chi connectivity index (χ2n) is 7.61. The summed E-state index contributed by atoms with van der Waals surface area (Å²) in [4.78, 5) is 4.61. The average Bonchev–Trinajstić information content (AvgIpc) is 3.19. The minimum Gasteiger partial charge on any atom is -0.364 e. The van der Waals surface area contributed by atoms with Crippen LogP contribution >= 0.6 is 0 Å². The van der Waals surface area contributed by atoms with Crippen LogP contribution in [0.15, 0.2) is 79.8 Å². The fourth-order valence-electron chi connectivity index (χ4n) is 3.55. The summed E-state index contributed by atoms with van der Waals surface area (Å²) in [6.07, 6.45) is 11.7. The monoisotopic (exact) mass is 394 g/mol. The minimum atomic E-state index is 0.132. The first-order valence-electron chi connectivity index (χ1n) is 10.1. The molecule has 0 saturated carbocycles. The van der Waals surface area contributed by atoms with Gasteiger partial charge >= 0.3 is 0 Å². The lowest BCUT2D eigenvalue weighted by atomic mass is 10.0. The van der Waals surface area contributed by atoms with Crippen LogP contribution in [0, 0.1) is 6.92 Å². The van der Waals surface area contributed by atoms with Gasteiger partial charge in [-0.1, -0.05) is 49.1 Å². The van der Waals surface area contributed by atoms with E-state index in [1.807, 2.05) is 36.4 Å². The molecule has 2 heterocycles. The van der Waals surface area contributed by atoms with E-state index in [0.717, 1.165) is 27.7 Å². The van der Waals surface area contributed by atoms with Crippen molar-refractivity contribution in [3.8, 4) is 11.1 Å². The summed E-state index contributed by atoms with van der Waals surface area (Å²) in [6.45, 7) is 8.03. The van der Waals surface area contributed by atoms with Gasteiger partial charge in [-0.3, -0.25) is 4.68 Å². The van der Waals surface area contributed by atoms with Gasteiger partial charge in [-0.15, -0.1) is 0 Å². The maximum absolute atomic E-state index is 4.61. The van der Waals surface area contributed by atoms with Gasteiger partial charge < -0.3 is 5.32 Å². The van der Waals surface area contributed by atoms with Crippen LogP contribution in [0.3, 0.4) is 0 Å². The Labute approximate surface area is 177 Å². The van der Waals surface area contributed by atoms with E-state index in [1.165, 1.54) is 16.7 Å². The molecule has 1 N–H and O–H groups in total. The lowest BCUT2D eigenvalue weighted by Crippen LogP contribution is -2.08. The Morgan fingerprint density at radius 3 is 2.67 bits per heavy atom. The Bertz CT molecular complexity index is 1230. The van der Waals surface area contributed by atoms with E-state index in [9.17, 15) is 0 Å². The maximum Gasteiger partial charge on any atom is 0.126 e. The highest BCUT2D eigenvalue weighted by Crippen LogP contribution is 2.27. The molecule has 2 aromatic carbocycles. The van der Waals surface area contributed by atoms with Gasteiger partial charge in [0.2, 0.25) is 0 Å². The van der Waals surface area contributed by atoms with Crippen LogP contribution in [0.2, 0.25) is 0 Å². The van der Waals surface area contributed by atoms with Gasteiger partial charge in [0.1, 0.15) is 5.82 Å². The molecule has 0 aliphatic carbocycles. The van der Waals surface area contributed by atoms with Gasteiger partial charge in [0.05, 0.1) is 6.20 Å². The second kappa shape index (κ2) is 8.37. The highest BCUT2D eigenvalue weighted by Gasteiger charge is 2.09. The van der Waals surface area contributed by atoms with E-state index in [0.29, 0.717) is 0 Å². The van der Waals surface area contributed by atoms with Crippen molar-refractivity contribution in [2.75, 3.05) is 5.32 Å². The molecule has 0 fully saturated rings. The van der Waals surface area contributed by atoms with Crippen LogP contribution in [0.1, 0.15) is 29.7 Å². The van der Waals surface area contributed by atoms with E-state index in [2.05, 4.69) is 84.4 Å². The van der Waals surface area contributed by atoms with Crippen molar-refractivity contribution in [2.45, 2.75) is 19.9 Å². The third kappa shape index (κ3) is 4.18. The number of fused-ring (bicyclic) bond motifs is 1. The summed E-state index contributed by atoms with van der Waals surface area (Å²) in [5.41, 5.74) is 5.93. The van der Waals surface area contributed by atoms with Gasteiger partial charge in [0.15, 0.2) is 0 Å². The molecule has 0 aliphatic rings. The van der Waals surface area contributed by atoms with E-state index in [4.69, 9.17) is 0 Å². The average molecular weight is 395 g/mol. The Hall–Kier alpha value is -3.66. The Morgan fingerprint density at radius 1 is 1.03 bits per heavy atom. The predicted octanol–water partition coefficient (Wildman–Crippen LogP) is 6.32. The van der Waals surface area contributed by atoms with Crippen molar-refractivity contribution < 1.29 is 0 Å². The molecule has 4 aromatic rings. The molecule has 1 unspecified atom stereocenters. The van der Waals surface area contributed by atoms with E-state index in [1.54, 1.807) is 6.08 Å². The Kier molecular flexibility index (Phi) is 5.48. The van der Waals surface area contributed by atoms with Crippen molar-refractivity contribution in [3.63, 3.8) is 0 Å². The Balaban J connectivity index is 1.60. The third-order valence-corrected chi connectivity index (χ3v) is 5.34. The molecular weight excluding hydrogens is 368 g/mol. The summed E-state index contributed by atoms with van der Waals surface area (Å²) in [5, 5.41) is 10.1. The molecule has 0 spiro atoms. The van der Waals surface area contributed by atoms with Crippen LogP contribution in [0.4, 0.5) is 5.82 Å². The van der Waals surface area contributed by atoms with E-state index >= 15 is 0 Å². The zero-order valence-electron chi connectivity index (χ0n) is 17.6. The van der Waals surface area contributed by atoms with E-state index < -0.39 is 0 Å². The minimum absolute atomic E-state index is 0.132. The first kappa shape index (κ1) is 19.6. The lowest BCUT2D eigenvalue weighted by molar-refractivity contribution is 0.768. The quantitative estimate of drug-likeness (QED) is 0.389.